The molecule has 26 heavy (non-hydrogen) atoms. The van der Waals surface area contributed by atoms with Crippen molar-refractivity contribution >= 4 is 5.91 Å². The highest BCUT2D eigenvalue weighted by Gasteiger charge is 2.40. The van der Waals surface area contributed by atoms with Crippen molar-refractivity contribution in [3.8, 4) is 11.1 Å². The Morgan fingerprint density at radius 2 is 1.96 bits per heavy atom. The minimum atomic E-state index is -0.547. The molecule has 2 N–H and O–H groups in total. The molecule has 1 fully saturated rings. The van der Waals surface area contributed by atoms with Crippen LogP contribution in [0.2, 0.25) is 0 Å². The highest BCUT2D eigenvalue weighted by molar-refractivity contribution is 5.83. The van der Waals surface area contributed by atoms with Crippen molar-refractivity contribution in [3.05, 3.63) is 54.4 Å². The van der Waals surface area contributed by atoms with Crippen LogP contribution in [0.3, 0.4) is 0 Å². The van der Waals surface area contributed by atoms with E-state index in [1.807, 2.05) is 18.3 Å². The zero-order chi connectivity index (χ0) is 18.4. The van der Waals surface area contributed by atoms with Gasteiger partial charge in [0.1, 0.15) is 0 Å². The summed E-state index contributed by atoms with van der Waals surface area (Å²) >= 11 is 0. The van der Waals surface area contributed by atoms with E-state index in [0.29, 0.717) is 32.5 Å². The average molecular weight is 354 g/mol. The highest BCUT2D eigenvalue weighted by atomic mass is 16.5. The van der Waals surface area contributed by atoms with E-state index < -0.39 is 11.5 Å². The molecule has 1 amide bonds. The lowest BCUT2D eigenvalue weighted by molar-refractivity contribution is -0.137. The first kappa shape index (κ1) is 18.5. The number of aliphatic hydroxyl groups excluding tert-OH is 1. The van der Waals surface area contributed by atoms with Gasteiger partial charge in [0.25, 0.3) is 0 Å². The lowest BCUT2D eigenvalue weighted by atomic mass is 9.74. The molecule has 1 aromatic heterocycles. The number of aliphatic hydroxyl groups is 1. The minimum absolute atomic E-state index is 0.0121. The average Bonchev–Trinajstić information content (AvgIpc) is 2.68. The van der Waals surface area contributed by atoms with Gasteiger partial charge in [-0.15, -0.1) is 0 Å². The van der Waals surface area contributed by atoms with E-state index in [9.17, 15) is 9.90 Å². The molecule has 138 valence electrons. The second kappa shape index (κ2) is 8.43. The smallest absolute Gasteiger partial charge is 0.226 e. The topological polar surface area (TPSA) is 71.5 Å². The molecular formula is C21H26N2O3. The third-order valence-electron chi connectivity index (χ3n) is 4.98. The fraction of sp³-hybridized carbons (Fsp3) is 0.429. The molecule has 0 aliphatic carbocycles. The van der Waals surface area contributed by atoms with Gasteiger partial charge in [0.15, 0.2) is 0 Å². The Kier molecular flexibility index (Phi) is 6.01. The zero-order valence-corrected chi connectivity index (χ0v) is 15.1. The normalized spacial score (nSPS) is 17.5. The highest BCUT2D eigenvalue weighted by Crippen LogP contribution is 2.35. The summed E-state index contributed by atoms with van der Waals surface area (Å²) in [6.07, 6.45) is 5.13. The maximum atomic E-state index is 12.8. The molecule has 5 heteroatoms. The van der Waals surface area contributed by atoms with E-state index in [1.54, 1.807) is 13.1 Å². The number of amides is 1. The number of benzene rings is 1. The number of aromatic nitrogens is 1. The van der Waals surface area contributed by atoms with Crippen molar-refractivity contribution < 1.29 is 14.6 Å². The molecule has 2 heterocycles. The zero-order valence-electron chi connectivity index (χ0n) is 15.1. The number of rotatable bonds is 6. The summed E-state index contributed by atoms with van der Waals surface area (Å²) in [5, 5.41) is 12.4. The molecule has 1 aliphatic heterocycles. The first-order valence-electron chi connectivity index (χ1n) is 9.12. The molecule has 0 bridgehead atoms. The summed E-state index contributed by atoms with van der Waals surface area (Å²) in [6, 6.07) is 12.3. The summed E-state index contributed by atoms with van der Waals surface area (Å²) in [6.45, 7) is 3.14. The van der Waals surface area contributed by atoms with Crippen LogP contribution in [0.1, 0.15) is 25.3 Å². The van der Waals surface area contributed by atoms with Gasteiger partial charge in [-0.1, -0.05) is 30.3 Å². The van der Waals surface area contributed by atoms with E-state index in [1.165, 1.54) is 0 Å². The molecule has 0 saturated carbocycles. The Bertz CT molecular complexity index is 708. The predicted molar refractivity (Wildman–Crippen MR) is 101 cm³/mol. The summed E-state index contributed by atoms with van der Waals surface area (Å²) < 4.78 is 5.48. The van der Waals surface area contributed by atoms with Crippen molar-refractivity contribution in [3.63, 3.8) is 0 Å². The van der Waals surface area contributed by atoms with E-state index in [4.69, 9.17) is 4.74 Å². The summed E-state index contributed by atoms with van der Waals surface area (Å²) in [4.78, 5) is 17.0. The van der Waals surface area contributed by atoms with Crippen LogP contribution in [0, 0.1) is 5.41 Å². The van der Waals surface area contributed by atoms with Crippen LogP contribution in [0.25, 0.3) is 11.1 Å². The Hall–Kier alpha value is -2.24. The standard InChI is InChI=1S/C21H26N2O3/c1-16(24)14-23-20(25)21(8-11-26-12-9-21)13-17-4-6-18(7-5-17)19-3-2-10-22-15-19/h2-7,10,15-16,24H,8-9,11-14H2,1H3,(H,23,25)/t16-/m0/s1. The number of pyridine rings is 1. The van der Waals surface area contributed by atoms with Crippen LogP contribution in [-0.2, 0) is 16.0 Å². The molecule has 1 aliphatic rings. The Balaban J connectivity index is 1.75. The molecule has 3 rings (SSSR count). The molecule has 1 atom stereocenters. The third-order valence-corrected chi connectivity index (χ3v) is 4.98. The van der Waals surface area contributed by atoms with Crippen LogP contribution in [0.4, 0.5) is 0 Å². The first-order chi connectivity index (χ1) is 12.6. The second-order valence-corrected chi connectivity index (χ2v) is 7.07. The van der Waals surface area contributed by atoms with Crippen LogP contribution in [0.5, 0.6) is 0 Å². The van der Waals surface area contributed by atoms with Gasteiger partial charge in [0, 0.05) is 32.2 Å². The number of nitrogens with zero attached hydrogens (tertiary/aromatic N) is 1. The van der Waals surface area contributed by atoms with Gasteiger partial charge in [0.2, 0.25) is 5.91 Å². The van der Waals surface area contributed by atoms with Gasteiger partial charge in [0.05, 0.1) is 11.5 Å². The largest absolute Gasteiger partial charge is 0.392 e. The first-order valence-corrected chi connectivity index (χ1v) is 9.12. The molecule has 0 unspecified atom stereocenters. The van der Waals surface area contributed by atoms with Crippen molar-refractivity contribution in [1.29, 1.82) is 0 Å². The van der Waals surface area contributed by atoms with Gasteiger partial charge in [-0.25, -0.2) is 0 Å². The molecule has 2 aromatic rings. The monoisotopic (exact) mass is 354 g/mol. The van der Waals surface area contributed by atoms with Crippen LogP contribution in [-0.4, -0.2) is 41.9 Å². The molecule has 0 radical (unpaired) electrons. The number of carbonyl (C=O) groups is 1. The maximum Gasteiger partial charge on any atom is 0.226 e. The number of carbonyl (C=O) groups excluding carboxylic acids is 1. The quantitative estimate of drug-likeness (QED) is 0.836. The summed E-state index contributed by atoms with van der Waals surface area (Å²) in [7, 11) is 0. The maximum absolute atomic E-state index is 12.8. The minimum Gasteiger partial charge on any atom is -0.392 e. The van der Waals surface area contributed by atoms with Crippen molar-refractivity contribution in [2.24, 2.45) is 5.41 Å². The Morgan fingerprint density at radius 3 is 2.58 bits per heavy atom. The van der Waals surface area contributed by atoms with Gasteiger partial charge < -0.3 is 15.2 Å². The van der Waals surface area contributed by atoms with Gasteiger partial charge >= 0.3 is 0 Å². The molecule has 1 saturated heterocycles. The lowest BCUT2D eigenvalue weighted by Crippen LogP contribution is -2.47. The molecule has 0 spiro atoms. The van der Waals surface area contributed by atoms with Crippen LogP contribution >= 0.6 is 0 Å². The van der Waals surface area contributed by atoms with Gasteiger partial charge in [-0.2, -0.15) is 0 Å². The number of ether oxygens (including phenoxy) is 1. The van der Waals surface area contributed by atoms with Crippen molar-refractivity contribution in [2.75, 3.05) is 19.8 Å². The fourth-order valence-electron chi connectivity index (χ4n) is 3.41. The summed E-state index contributed by atoms with van der Waals surface area (Å²) in [5.74, 6) is 0.0121. The Labute approximate surface area is 154 Å². The van der Waals surface area contributed by atoms with E-state index in [0.717, 1.165) is 16.7 Å². The van der Waals surface area contributed by atoms with Crippen molar-refractivity contribution in [2.45, 2.75) is 32.3 Å². The predicted octanol–water partition coefficient (Wildman–Crippen LogP) is 2.58. The number of hydrogen-bond donors (Lipinski definition) is 2. The fourth-order valence-corrected chi connectivity index (χ4v) is 3.41. The second-order valence-electron chi connectivity index (χ2n) is 7.07. The molecule has 1 aromatic carbocycles. The van der Waals surface area contributed by atoms with Gasteiger partial charge in [-0.05, 0) is 48.9 Å². The number of hydrogen-bond acceptors (Lipinski definition) is 4. The Morgan fingerprint density at radius 1 is 1.23 bits per heavy atom. The molecule has 5 nitrogen and oxygen atoms in total. The van der Waals surface area contributed by atoms with Crippen molar-refractivity contribution in [1.82, 2.24) is 10.3 Å². The lowest BCUT2D eigenvalue weighted by Gasteiger charge is -2.36. The van der Waals surface area contributed by atoms with Gasteiger partial charge in [-0.3, -0.25) is 9.78 Å². The van der Waals surface area contributed by atoms with Crippen LogP contribution < -0.4 is 5.32 Å². The van der Waals surface area contributed by atoms with E-state index in [2.05, 4.69) is 34.6 Å². The summed E-state index contributed by atoms with van der Waals surface area (Å²) in [5.41, 5.74) is 2.85. The third kappa shape index (κ3) is 4.48. The van der Waals surface area contributed by atoms with E-state index in [-0.39, 0.29) is 12.5 Å². The SMILES string of the molecule is C[C@H](O)CNC(=O)C1(Cc2ccc(-c3cccnc3)cc2)CCOCC1. The molecular weight excluding hydrogens is 328 g/mol. The van der Waals surface area contributed by atoms with E-state index >= 15 is 0 Å². The number of nitrogens with one attached hydrogen (secondary N) is 1. The van der Waals surface area contributed by atoms with Crippen LogP contribution in [0.15, 0.2) is 48.8 Å².